The van der Waals surface area contributed by atoms with Gasteiger partial charge in [0.1, 0.15) is 12.4 Å². The number of ketones is 1. The van der Waals surface area contributed by atoms with Gasteiger partial charge in [0.25, 0.3) is 0 Å². The first-order valence-electron chi connectivity index (χ1n) is 14.2. The van der Waals surface area contributed by atoms with E-state index in [4.69, 9.17) is 32.3 Å². The summed E-state index contributed by atoms with van der Waals surface area (Å²) in [5.74, 6) is -1.95. The Bertz CT molecular complexity index is 1520. The molecule has 4 rings (SSSR count). The Labute approximate surface area is 279 Å². The summed E-state index contributed by atoms with van der Waals surface area (Å²) in [5.41, 5.74) is 2.86. The number of nitrogens with two attached hydrogens (primary N) is 1. The fourth-order valence-corrected chi connectivity index (χ4v) is 4.77. The molecule has 0 bridgehead atoms. The van der Waals surface area contributed by atoms with Crippen molar-refractivity contribution in [3.63, 3.8) is 0 Å². The van der Waals surface area contributed by atoms with Crippen LogP contribution >= 0.6 is 11.6 Å². The molecule has 49 heavy (non-hydrogen) atoms. The summed E-state index contributed by atoms with van der Waals surface area (Å²) >= 11 is 5.32. The third-order valence-corrected chi connectivity index (χ3v) is 7.20. The van der Waals surface area contributed by atoms with Crippen LogP contribution in [-0.2, 0) is 32.9 Å². The summed E-state index contributed by atoms with van der Waals surface area (Å²) < 4.78 is 119. The van der Waals surface area contributed by atoms with Gasteiger partial charge in [0.05, 0.1) is 54.5 Å². The number of halogens is 10. The number of alkyl halides is 10. The number of hydrogen-bond acceptors (Lipinski definition) is 6. The highest BCUT2D eigenvalue weighted by atomic mass is 35.5. The van der Waals surface area contributed by atoms with Gasteiger partial charge in [-0.15, -0.1) is 11.6 Å². The molecule has 3 atom stereocenters. The lowest BCUT2D eigenvalue weighted by Crippen LogP contribution is -2.40. The quantitative estimate of drug-likeness (QED) is 0.154. The molecule has 3 aromatic rings. The van der Waals surface area contributed by atoms with Crippen molar-refractivity contribution in [1.29, 1.82) is 0 Å². The summed E-state index contributed by atoms with van der Waals surface area (Å²) in [6.07, 6.45) is -13.6. The zero-order valence-electron chi connectivity index (χ0n) is 25.4. The van der Waals surface area contributed by atoms with E-state index in [0.717, 1.165) is 18.2 Å². The molecule has 3 aromatic carbocycles. The number of nitrogens with one attached hydrogen (secondary N) is 1. The molecule has 3 unspecified atom stereocenters. The van der Waals surface area contributed by atoms with Crippen LogP contribution in [0.3, 0.4) is 0 Å². The maximum atomic E-state index is 12.8. The molecule has 0 spiro atoms. The van der Waals surface area contributed by atoms with E-state index in [0.29, 0.717) is 0 Å². The second-order valence-electron chi connectivity index (χ2n) is 10.4. The minimum absolute atomic E-state index is 0.0352. The van der Waals surface area contributed by atoms with Crippen LogP contribution in [0.1, 0.15) is 57.8 Å². The van der Waals surface area contributed by atoms with Crippen molar-refractivity contribution in [3.8, 4) is 0 Å². The number of carbonyl (C=O) groups is 2. The molecule has 1 aliphatic heterocycles. The van der Waals surface area contributed by atoms with E-state index in [1.165, 1.54) is 54.6 Å². The summed E-state index contributed by atoms with van der Waals surface area (Å²) in [6.45, 7) is -1.09. The number of morpholine rings is 1. The van der Waals surface area contributed by atoms with Crippen molar-refractivity contribution in [3.05, 3.63) is 106 Å². The molecule has 0 aromatic heterocycles. The van der Waals surface area contributed by atoms with Crippen LogP contribution in [0.2, 0.25) is 0 Å². The number of aliphatic hydroxyl groups is 2. The number of benzene rings is 3. The first kappa shape index (κ1) is 41.5. The van der Waals surface area contributed by atoms with Crippen molar-refractivity contribution in [2.75, 3.05) is 32.3 Å². The summed E-state index contributed by atoms with van der Waals surface area (Å²) in [4.78, 5) is 22.3. The highest BCUT2D eigenvalue weighted by Gasteiger charge is 2.37. The fourth-order valence-electron chi connectivity index (χ4n) is 4.66. The van der Waals surface area contributed by atoms with E-state index in [1.54, 1.807) is 0 Å². The average Bonchev–Trinajstić information content (AvgIpc) is 3.06. The van der Waals surface area contributed by atoms with Crippen molar-refractivity contribution >= 4 is 23.3 Å². The van der Waals surface area contributed by atoms with Crippen molar-refractivity contribution in [2.24, 2.45) is 5.73 Å². The molecular weight excluding hydrogens is 699 g/mol. The maximum Gasteiger partial charge on any atom is 0.416 e. The Morgan fingerprint density at radius 1 is 0.796 bits per heavy atom. The summed E-state index contributed by atoms with van der Waals surface area (Å²) in [5, 5.41) is 20.3. The second kappa shape index (κ2) is 18.3. The summed E-state index contributed by atoms with van der Waals surface area (Å²) in [6, 6.07) is 13.3. The minimum Gasteiger partial charge on any atom is -0.396 e. The van der Waals surface area contributed by atoms with Gasteiger partial charge in [0, 0.05) is 12.3 Å². The van der Waals surface area contributed by atoms with Gasteiger partial charge >= 0.3 is 18.5 Å². The van der Waals surface area contributed by atoms with Crippen LogP contribution in [0.5, 0.6) is 0 Å². The van der Waals surface area contributed by atoms with E-state index in [1.807, 2.05) is 0 Å². The van der Waals surface area contributed by atoms with Gasteiger partial charge in [0.2, 0.25) is 5.91 Å². The Morgan fingerprint density at radius 2 is 1.27 bits per heavy atom. The molecule has 1 aliphatic rings. The Hall–Kier alpha value is -3.70. The zero-order chi connectivity index (χ0) is 37.0. The van der Waals surface area contributed by atoms with Crippen LogP contribution < -0.4 is 11.1 Å². The van der Waals surface area contributed by atoms with Crippen LogP contribution in [0.25, 0.3) is 0 Å². The lowest BCUT2D eigenvalue weighted by Gasteiger charge is -2.26. The molecule has 1 heterocycles. The Balaban J connectivity index is 0.000000257. The Kier molecular flexibility index (Phi) is 15.5. The topological polar surface area (TPSA) is 122 Å². The molecule has 7 nitrogen and oxygen atoms in total. The third-order valence-electron chi connectivity index (χ3n) is 6.91. The highest BCUT2D eigenvalue weighted by Crippen LogP contribution is 2.37. The van der Waals surface area contributed by atoms with Gasteiger partial charge in [-0.25, -0.2) is 0 Å². The molecule has 0 radical (unpaired) electrons. The largest absolute Gasteiger partial charge is 0.416 e. The lowest BCUT2D eigenvalue weighted by atomic mass is 9.90. The molecule has 1 amide bonds. The molecule has 1 saturated heterocycles. The molecule has 5 N–H and O–H groups in total. The maximum absolute atomic E-state index is 12.8. The average molecular weight is 731 g/mol. The van der Waals surface area contributed by atoms with Crippen molar-refractivity contribution in [1.82, 2.24) is 5.32 Å². The normalized spacial score (nSPS) is 16.3. The molecule has 0 saturated carbocycles. The number of ether oxygens (including phenoxy) is 1. The van der Waals surface area contributed by atoms with E-state index in [2.05, 4.69) is 5.32 Å². The van der Waals surface area contributed by atoms with Gasteiger partial charge in [-0.2, -0.15) is 39.5 Å². The van der Waals surface area contributed by atoms with Gasteiger partial charge in [-0.05, 0) is 34.9 Å². The lowest BCUT2D eigenvalue weighted by molar-refractivity contribution is -0.140. The predicted octanol–water partition coefficient (Wildman–Crippen LogP) is 6.57. The van der Waals surface area contributed by atoms with Gasteiger partial charge in [-0.3, -0.25) is 9.59 Å². The van der Waals surface area contributed by atoms with Crippen molar-refractivity contribution in [2.45, 2.75) is 43.0 Å². The van der Waals surface area contributed by atoms with E-state index in [-0.39, 0.29) is 42.2 Å². The smallest absolute Gasteiger partial charge is 0.396 e. The van der Waals surface area contributed by atoms with Gasteiger partial charge < -0.3 is 26.0 Å². The van der Waals surface area contributed by atoms with Gasteiger partial charge in [-0.1, -0.05) is 54.6 Å². The first-order chi connectivity index (χ1) is 22.8. The predicted molar refractivity (Wildman–Crippen MR) is 160 cm³/mol. The number of hydrogen-bond donors (Lipinski definition) is 4. The van der Waals surface area contributed by atoms with E-state index >= 15 is 0 Å². The number of Topliss-reactive ketones (excluding diaryl/α,β-unsaturated/α-hetero) is 1. The molecular formula is C32H32ClF9N2O5. The first-order valence-corrected chi connectivity index (χ1v) is 14.8. The molecule has 0 aliphatic carbocycles. The van der Waals surface area contributed by atoms with Crippen LogP contribution in [-0.4, -0.2) is 54.2 Å². The Morgan fingerprint density at radius 3 is 1.73 bits per heavy atom. The highest BCUT2D eigenvalue weighted by molar-refractivity contribution is 6.27. The molecule has 17 heteroatoms. The second-order valence-corrected chi connectivity index (χ2v) is 10.7. The number of amides is 1. The fraction of sp³-hybridized carbons (Fsp3) is 0.375. The monoisotopic (exact) mass is 730 g/mol. The van der Waals surface area contributed by atoms with Crippen LogP contribution in [0.15, 0.2) is 72.8 Å². The van der Waals surface area contributed by atoms with E-state index in [9.17, 15) is 49.1 Å². The third kappa shape index (κ3) is 12.6. The van der Waals surface area contributed by atoms with Gasteiger partial charge in [0.15, 0.2) is 0 Å². The van der Waals surface area contributed by atoms with Crippen LogP contribution in [0, 0.1) is 0 Å². The standard InChI is InChI=1S/C12H12ClF3O2.C11H10F3NO2.C9H10F3NO/c13-6-9(18)5-8(7-17)10-3-1-2-4-11(10)12(14,15)16;12-11(13,14)8-4-2-1-3-7(8)9-5-17-6-10(16)15-9;10-9(11,12)7-4-2-1-3-6(7)8(13)5-14/h1-4,8,17H,5-7H2;1-4,9H,5-6H2,(H,15,16);1-4,8,14H,5,13H2. The number of carbonyl (C=O) groups excluding carboxylic acids is 2. The number of rotatable bonds is 8. The molecule has 1 fully saturated rings. The van der Waals surface area contributed by atoms with Crippen molar-refractivity contribution < 1.29 is 64.1 Å². The molecule has 270 valence electrons. The minimum atomic E-state index is -4.51. The number of aliphatic hydroxyl groups excluding tert-OH is 2. The zero-order valence-corrected chi connectivity index (χ0v) is 26.1. The van der Waals surface area contributed by atoms with E-state index < -0.39 is 78.1 Å². The van der Waals surface area contributed by atoms with Crippen LogP contribution in [0.4, 0.5) is 39.5 Å². The SMILES string of the molecule is NC(CO)c1ccccc1C(F)(F)F.O=C(CCl)CC(CO)c1ccccc1C(F)(F)F.O=C1COCC(c2ccccc2C(F)(F)F)N1. The summed E-state index contributed by atoms with van der Waals surface area (Å²) in [7, 11) is 0.